The summed E-state index contributed by atoms with van der Waals surface area (Å²) >= 11 is 0. The molecule has 3 nitrogen and oxygen atoms in total. The van der Waals surface area contributed by atoms with Gasteiger partial charge in [-0.15, -0.1) is 0 Å². The predicted molar refractivity (Wildman–Crippen MR) is 41.2 cm³/mol. The van der Waals surface area contributed by atoms with Crippen LogP contribution in [0.2, 0.25) is 0 Å². The van der Waals surface area contributed by atoms with E-state index in [4.69, 9.17) is 4.42 Å². The molecule has 60 valence electrons. The van der Waals surface area contributed by atoms with Crippen molar-refractivity contribution in [3.63, 3.8) is 0 Å². The molecule has 0 aromatic carbocycles. The fraction of sp³-hybridized carbons (Fsp3) is 0.625. The van der Waals surface area contributed by atoms with E-state index in [0.717, 1.165) is 24.6 Å². The lowest BCUT2D eigenvalue weighted by Gasteiger charge is -2.02. The second-order valence-electron chi connectivity index (χ2n) is 2.98. The Kier molecular flexibility index (Phi) is 1.66. The third kappa shape index (κ3) is 1.28. The fourth-order valence-corrected chi connectivity index (χ4v) is 1.43. The van der Waals surface area contributed by atoms with Gasteiger partial charge in [-0.25, -0.2) is 4.98 Å². The summed E-state index contributed by atoms with van der Waals surface area (Å²) < 4.78 is 5.27. The minimum atomic E-state index is 0.365. The van der Waals surface area contributed by atoms with Gasteiger partial charge in [0, 0.05) is 0 Å². The molecule has 1 aromatic heterocycles. The van der Waals surface area contributed by atoms with Gasteiger partial charge in [-0.1, -0.05) is 0 Å². The first kappa shape index (κ1) is 6.85. The quantitative estimate of drug-likeness (QED) is 0.661. The largest absolute Gasteiger partial charge is 0.447 e. The van der Waals surface area contributed by atoms with E-state index in [2.05, 4.69) is 10.3 Å². The number of aromatic nitrogens is 1. The average Bonchev–Trinajstić information content (AvgIpc) is 2.55. The van der Waals surface area contributed by atoms with Crippen LogP contribution >= 0.6 is 0 Å². The van der Waals surface area contributed by atoms with E-state index in [0.29, 0.717) is 6.04 Å². The summed E-state index contributed by atoms with van der Waals surface area (Å²) in [7, 11) is 0. The monoisotopic (exact) mass is 152 g/mol. The minimum Gasteiger partial charge on any atom is -0.447 e. The van der Waals surface area contributed by atoms with E-state index in [-0.39, 0.29) is 0 Å². The molecule has 3 heteroatoms. The van der Waals surface area contributed by atoms with Gasteiger partial charge >= 0.3 is 0 Å². The lowest BCUT2D eigenvalue weighted by Crippen LogP contribution is -2.12. The van der Waals surface area contributed by atoms with E-state index >= 15 is 0 Å². The first-order chi connectivity index (χ1) is 5.36. The Bertz CT molecular complexity index is 238. The topological polar surface area (TPSA) is 38.1 Å². The molecule has 1 aliphatic heterocycles. The molecule has 2 rings (SSSR count). The second-order valence-corrected chi connectivity index (χ2v) is 2.98. The molecule has 1 atom stereocenters. The standard InChI is InChI=1S/C8H12N2O/c1-6-5-11-8(10-6)7-3-2-4-9-7/h5,7,9H,2-4H2,1H3/t7-/m0/s1. The summed E-state index contributed by atoms with van der Waals surface area (Å²) in [4.78, 5) is 4.26. The minimum absolute atomic E-state index is 0.365. The number of oxazole rings is 1. The number of hydrogen-bond donors (Lipinski definition) is 1. The molecule has 0 unspecified atom stereocenters. The Hall–Kier alpha value is -0.830. The highest BCUT2D eigenvalue weighted by atomic mass is 16.3. The molecule has 0 bridgehead atoms. The molecule has 1 N–H and O–H groups in total. The van der Waals surface area contributed by atoms with Crippen LogP contribution in [0.25, 0.3) is 0 Å². The summed E-state index contributed by atoms with van der Waals surface area (Å²) in [5, 5.41) is 3.33. The molecule has 1 saturated heterocycles. The van der Waals surface area contributed by atoms with Crippen LogP contribution in [0.15, 0.2) is 10.7 Å². The molecule has 0 spiro atoms. The summed E-state index contributed by atoms with van der Waals surface area (Å²) in [6.07, 6.45) is 4.08. The Labute approximate surface area is 65.8 Å². The molecule has 11 heavy (non-hydrogen) atoms. The smallest absolute Gasteiger partial charge is 0.211 e. The zero-order valence-corrected chi connectivity index (χ0v) is 6.63. The number of aryl methyl sites for hydroxylation is 1. The summed E-state index contributed by atoms with van der Waals surface area (Å²) in [5.41, 5.74) is 0.966. The summed E-state index contributed by atoms with van der Waals surface area (Å²) in [5.74, 6) is 0.847. The Balaban J connectivity index is 2.15. The van der Waals surface area contributed by atoms with E-state index < -0.39 is 0 Å². The number of hydrogen-bond acceptors (Lipinski definition) is 3. The van der Waals surface area contributed by atoms with Crippen LogP contribution in [0.3, 0.4) is 0 Å². The summed E-state index contributed by atoms with van der Waals surface area (Å²) in [6.45, 7) is 3.04. The number of nitrogens with zero attached hydrogens (tertiary/aromatic N) is 1. The van der Waals surface area contributed by atoms with Gasteiger partial charge in [-0.2, -0.15) is 0 Å². The Morgan fingerprint density at radius 1 is 1.73 bits per heavy atom. The van der Waals surface area contributed by atoms with Crippen molar-refractivity contribution >= 4 is 0 Å². The third-order valence-corrected chi connectivity index (χ3v) is 2.00. The first-order valence-corrected chi connectivity index (χ1v) is 4.01. The van der Waals surface area contributed by atoms with Crippen molar-refractivity contribution in [3.05, 3.63) is 17.8 Å². The van der Waals surface area contributed by atoms with E-state index in [9.17, 15) is 0 Å². The van der Waals surface area contributed by atoms with Crippen LogP contribution in [0.1, 0.15) is 30.5 Å². The SMILES string of the molecule is Cc1coc([C@@H]2CCCN2)n1. The molecule has 0 aliphatic carbocycles. The number of nitrogens with one attached hydrogen (secondary N) is 1. The maximum absolute atomic E-state index is 5.27. The number of rotatable bonds is 1. The van der Waals surface area contributed by atoms with Gasteiger partial charge < -0.3 is 9.73 Å². The van der Waals surface area contributed by atoms with Crippen LogP contribution in [0.4, 0.5) is 0 Å². The maximum atomic E-state index is 5.27. The van der Waals surface area contributed by atoms with Crippen LogP contribution < -0.4 is 5.32 Å². The first-order valence-electron chi connectivity index (χ1n) is 4.01. The van der Waals surface area contributed by atoms with Gasteiger partial charge in [-0.05, 0) is 26.3 Å². The van der Waals surface area contributed by atoms with Crippen molar-refractivity contribution in [1.82, 2.24) is 10.3 Å². The molecular formula is C8H12N2O. The molecule has 2 heterocycles. The van der Waals surface area contributed by atoms with Crippen molar-refractivity contribution < 1.29 is 4.42 Å². The van der Waals surface area contributed by atoms with Crippen molar-refractivity contribution in [2.45, 2.75) is 25.8 Å². The van der Waals surface area contributed by atoms with Crippen molar-refractivity contribution in [3.8, 4) is 0 Å². The van der Waals surface area contributed by atoms with Crippen LogP contribution in [-0.2, 0) is 0 Å². The Morgan fingerprint density at radius 3 is 3.18 bits per heavy atom. The Morgan fingerprint density at radius 2 is 2.64 bits per heavy atom. The molecular weight excluding hydrogens is 140 g/mol. The predicted octanol–water partition coefficient (Wildman–Crippen LogP) is 1.41. The highest BCUT2D eigenvalue weighted by molar-refractivity contribution is 4.99. The third-order valence-electron chi connectivity index (χ3n) is 2.00. The van der Waals surface area contributed by atoms with Gasteiger partial charge in [0.05, 0.1) is 11.7 Å². The molecule has 1 fully saturated rings. The van der Waals surface area contributed by atoms with E-state index in [1.54, 1.807) is 6.26 Å². The van der Waals surface area contributed by atoms with Crippen LogP contribution in [-0.4, -0.2) is 11.5 Å². The fourth-order valence-electron chi connectivity index (χ4n) is 1.43. The van der Waals surface area contributed by atoms with Gasteiger partial charge in [0.15, 0.2) is 0 Å². The van der Waals surface area contributed by atoms with Crippen LogP contribution in [0.5, 0.6) is 0 Å². The highest BCUT2D eigenvalue weighted by Crippen LogP contribution is 2.21. The van der Waals surface area contributed by atoms with Crippen molar-refractivity contribution in [2.75, 3.05) is 6.54 Å². The van der Waals surface area contributed by atoms with Gasteiger partial charge in [0.25, 0.3) is 0 Å². The van der Waals surface area contributed by atoms with Gasteiger partial charge in [0.2, 0.25) is 5.89 Å². The lowest BCUT2D eigenvalue weighted by molar-refractivity contribution is 0.429. The molecule has 0 saturated carbocycles. The molecule has 0 radical (unpaired) electrons. The molecule has 0 amide bonds. The second kappa shape index (κ2) is 2.66. The lowest BCUT2D eigenvalue weighted by atomic mass is 10.2. The van der Waals surface area contributed by atoms with E-state index in [1.807, 2.05) is 6.92 Å². The molecule has 1 aromatic rings. The van der Waals surface area contributed by atoms with E-state index in [1.165, 1.54) is 6.42 Å². The highest BCUT2D eigenvalue weighted by Gasteiger charge is 2.20. The van der Waals surface area contributed by atoms with Gasteiger partial charge in [-0.3, -0.25) is 0 Å². The molecule has 1 aliphatic rings. The summed E-state index contributed by atoms with van der Waals surface area (Å²) in [6, 6.07) is 0.365. The van der Waals surface area contributed by atoms with Gasteiger partial charge in [0.1, 0.15) is 6.26 Å². The van der Waals surface area contributed by atoms with Crippen LogP contribution in [0, 0.1) is 6.92 Å². The van der Waals surface area contributed by atoms with Crippen molar-refractivity contribution in [1.29, 1.82) is 0 Å². The zero-order valence-electron chi connectivity index (χ0n) is 6.63. The van der Waals surface area contributed by atoms with Crippen molar-refractivity contribution in [2.24, 2.45) is 0 Å². The average molecular weight is 152 g/mol. The normalized spacial score (nSPS) is 24.3. The zero-order chi connectivity index (χ0) is 7.68. The maximum Gasteiger partial charge on any atom is 0.211 e.